The Labute approximate surface area is 121 Å². The molecule has 1 heteroatoms. The van der Waals surface area contributed by atoms with E-state index in [-0.39, 0.29) is 5.92 Å². The first-order valence-electron chi connectivity index (χ1n) is 7.18. The molecule has 1 aliphatic rings. The van der Waals surface area contributed by atoms with Gasteiger partial charge in [-0.2, -0.15) is 0 Å². The zero-order chi connectivity index (χ0) is 13.8. The van der Waals surface area contributed by atoms with Crippen LogP contribution in [0.2, 0.25) is 0 Å². The first-order chi connectivity index (χ1) is 9.90. The van der Waals surface area contributed by atoms with Crippen molar-refractivity contribution in [3.8, 4) is 11.8 Å². The molecule has 0 spiro atoms. The van der Waals surface area contributed by atoms with Crippen LogP contribution in [0.5, 0.6) is 0 Å². The lowest BCUT2D eigenvalue weighted by atomic mass is 9.88. The van der Waals surface area contributed by atoms with Crippen molar-refractivity contribution in [1.29, 1.82) is 0 Å². The Morgan fingerprint density at radius 3 is 2.05 bits per heavy atom. The smallest absolute Gasteiger partial charge is 0.0707 e. The predicted octanol–water partition coefficient (Wildman–Crippen LogP) is 3.14. The Morgan fingerprint density at radius 2 is 1.50 bits per heavy atom. The molecule has 1 N–H and O–H groups in total. The molecule has 2 aromatic carbocycles. The molecule has 100 valence electrons. The van der Waals surface area contributed by atoms with Crippen molar-refractivity contribution in [2.45, 2.75) is 18.8 Å². The lowest BCUT2D eigenvalue weighted by Gasteiger charge is -2.14. The quantitative estimate of drug-likeness (QED) is 0.778. The van der Waals surface area contributed by atoms with Crippen LogP contribution in [-0.4, -0.2) is 13.6 Å². The van der Waals surface area contributed by atoms with E-state index in [1.54, 1.807) is 0 Å². The van der Waals surface area contributed by atoms with Crippen molar-refractivity contribution in [3.63, 3.8) is 0 Å². The molecule has 0 saturated carbocycles. The van der Waals surface area contributed by atoms with Crippen molar-refractivity contribution >= 4 is 0 Å². The molecular weight excluding hydrogens is 242 g/mol. The topological polar surface area (TPSA) is 12.0 Å². The first-order valence-corrected chi connectivity index (χ1v) is 7.18. The van der Waals surface area contributed by atoms with Gasteiger partial charge < -0.3 is 5.32 Å². The molecule has 20 heavy (non-hydrogen) atoms. The summed E-state index contributed by atoms with van der Waals surface area (Å²) in [6.45, 7) is 0.737. The average Bonchev–Trinajstić information content (AvgIpc) is 2.66. The van der Waals surface area contributed by atoms with Gasteiger partial charge in [0.25, 0.3) is 0 Å². The summed E-state index contributed by atoms with van der Waals surface area (Å²) in [4.78, 5) is 0. The van der Waals surface area contributed by atoms with Gasteiger partial charge in [-0.1, -0.05) is 60.4 Å². The molecule has 3 rings (SSSR count). The highest BCUT2D eigenvalue weighted by Crippen LogP contribution is 2.33. The van der Waals surface area contributed by atoms with E-state index in [1.807, 2.05) is 7.05 Å². The maximum absolute atomic E-state index is 3.46. The van der Waals surface area contributed by atoms with Crippen LogP contribution in [-0.2, 0) is 12.8 Å². The maximum Gasteiger partial charge on any atom is 0.0707 e. The summed E-state index contributed by atoms with van der Waals surface area (Å²) < 4.78 is 0. The standard InChI is InChI=1S/C19H19N/c1-20-14-6-11-19-17-9-4-2-7-15(17)12-13-16-8-3-5-10-18(16)19/h2-5,7-10,19-20H,12-14H2,1H3. The van der Waals surface area contributed by atoms with Crippen LogP contribution in [0.15, 0.2) is 48.5 Å². The van der Waals surface area contributed by atoms with Gasteiger partial charge in [-0.3, -0.25) is 0 Å². The minimum atomic E-state index is 0.207. The van der Waals surface area contributed by atoms with Gasteiger partial charge in [0.05, 0.1) is 12.5 Å². The number of nitrogens with one attached hydrogen (secondary N) is 1. The van der Waals surface area contributed by atoms with Gasteiger partial charge >= 0.3 is 0 Å². The van der Waals surface area contributed by atoms with Gasteiger partial charge in [-0.15, -0.1) is 0 Å². The second-order valence-corrected chi connectivity index (χ2v) is 5.18. The largest absolute Gasteiger partial charge is 0.309 e. The SMILES string of the molecule is CNCC#CC1c2ccccc2CCc2ccccc21. The molecule has 0 heterocycles. The van der Waals surface area contributed by atoms with Crippen LogP contribution in [0.25, 0.3) is 0 Å². The van der Waals surface area contributed by atoms with E-state index in [1.165, 1.54) is 22.3 Å². The maximum atomic E-state index is 3.46. The lowest BCUT2D eigenvalue weighted by Crippen LogP contribution is -2.06. The van der Waals surface area contributed by atoms with E-state index >= 15 is 0 Å². The first kappa shape index (κ1) is 13.0. The van der Waals surface area contributed by atoms with Crippen LogP contribution in [0.4, 0.5) is 0 Å². The summed E-state index contributed by atoms with van der Waals surface area (Å²) in [7, 11) is 1.93. The summed E-state index contributed by atoms with van der Waals surface area (Å²) in [5.74, 6) is 6.92. The zero-order valence-corrected chi connectivity index (χ0v) is 11.8. The fourth-order valence-electron chi connectivity index (χ4n) is 2.92. The normalized spacial score (nSPS) is 13.7. The zero-order valence-electron chi connectivity index (χ0n) is 11.8. The molecule has 0 radical (unpaired) electrons. The van der Waals surface area contributed by atoms with Gasteiger partial charge in [-0.05, 0) is 42.1 Å². The molecular formula is C19H19N. The third-order valence-electron chi connectivity index (χ3n) is 3.91. The highest BCUT2D eigenvalue weighted by Gasteiger charge is 2.21. The molecule has 2 aromatic rings. The van der Waals surface area contributed by atoms with Crippen molar-refractivity contribution < 1.29 is 0 Å². The Hall–Kier alpha value is -2.04. The number of hydrogen-bond acceptors (Lipinski definition) is 1. The molecule has 0 unspecified atom stereocenters. The number of aryl methyl sites for hydroxylation is 2. The minimum absolute atomic E-state index is 0.207. The molecule has 1 aliphatic carbocycles. The van der Waals surface area contributed by atoms with Crippen molar-refractivity contribution in [3.05, 3.63) is 70.8 Å². The van der Waals surface area contributed by atoms with E-state index in [9.17, 15) is 0 Å². The molecule has 0 atom stereocenters. The van der Waals surface area contributed by atoms with Crippen LogP contribution < -0.4 is 5.32 Å². The second kappa shape index (κ2) is 5.94. The lowest BCUT2D eigenvalue weighted by molar-refractivity contribution is 0.934. The monoisotopic (exact) mass is 261 g/mol. The Morgan fingerprint density at radius 1 is 0.950 bits per heavy atom. The Balaban J connectivity index is 2.12. The average molecular weight is 261 g/mol. The second-order valence-electron chi connectivity index (χ2n) is 5.18. The summed E-state index contributed by atoms with van der Waals surface area (Å²) >= 11 is 0. The number of fused-ring (bicyclic) bond motifs is 2. The van der Waals surface area contributed by atoms with E-state index in [4.69, 9.17) is 0 Å². The van der Waals surface area contributed by atoms with Crippen LogP contribution in [0, 0.1) is 11.8 Å². The van der Waals surface area contributed by atoms with E-state index in [0.717, 1.165) is 19.4 Å². The highest BCUT2D eigenvalue weighted by molar-refractivity contribution is 5.49. The Kier molecular flexibility index (Phi) is 3.85. The van der Waals surface area contributed by atoms with E-state index in [2.05, 4.69) is 65.7 Å². The molecule has 0 bridgehead atoms. The Bertz CT molecular complexity index is 613. The molecule has 0 aromatic heterocycles. The van der Waals surface area contributed by atoms with Gasteiger partial charge in [0.2, 0.25) is 0 Å². The van der Waals surface area contributed by atoms with Crippen molar-refractivity contribution in [2.75, 3.05) is 13.6 Å². The van der Waals surface area contributed by atoms with Gasteiger partial charge in [0.1, 0.15) is 0 Å². The fourth-order valence-corrected chi connectivity index (χ4v) is 2.92. The van der Waals surface area contributed by atoms with Gasteiger partial charge in [0.15, 0.2) is 0 Å². The fraction of sp³-hybridized carbons (Fsp3) is 0.263. The summed E-state index contributed by atoms with van der Waals surface area (Å²) in [6.07, 6.45) is 2.22. The van der Waals surface area contributed by atoms with E-state index in [0.29, 0.717) is 0 Å². The van der Waals surface area contributed by atoms with Crippen molar-refractivity contribution in [1.82, 2.24) is 5.32 Å². The molecule has 0 amide bonds. The third kappa shape index (κ3) is 2.48. The molecule has 1 nitrogen and oxygen atoms in total. The molecule has 0 aliphatic heterocycles. The molecule has 0 fully saturated rings. The summed E-state index contributed by atoms with van der Waals surface area (Å²) in [5, 5.41) is 3.10. The van der Waals surface area contributed by atoms with Crippen molar-refractivity contribution in [2.24, 2.45) is 0 Å². The van der Waals surface area contributed by atoms with Gasteiger partial charge in [-0.25, -0.2) is 0 Å². The minimum Gasteiger partial charge on any atom is -0.309 e. The number of rotatable bonds is 1. The third-order valence-corrected chi connectivity index (χ3v) is 3.91. The van der Waals surface area contributed by atoms with Gasteiger partial charge in [0, 0.05) is 0 Å². The highest BCUT2D eigenvalue weighted by atomic mass is 14.8. The summed E-state index contributed by atoms with van der Waals surface area (Å²) in [5.41, 5.74) is 5.63. The van der Waals surface area contributed by atoms with Crippen LogP contribution >= 0.6 is 0 Å². The summed E-state index contributed by atoms with van der Waals surface area (Å²) in [6, 6.07) is 17.5. The van der Waals surface area contributed by atoms with Crippen LogP contribution in [0.3, 0.4) is 0 Å². The number of benzene rings is 2. The van der Waals surface area contributed by atoms with Crippen LogP contribution in [0.1, 0.15) is 28.2 Å². The predicted molar refractivity (Wildman–Crippen MR) is 83.8 cm³/mol. The van der Waals surface area contributed by atoms with E-state index < -0.39 is 0 Å². The number of hydrogen-bond donors (Lipinski definition) is 1. The molecule has 0 saturated heterocycles.